The summed E-state index contributed by atoms with van der Waals surface area (Å²) < 4.78 is 13.0. The zero-order chi connectivity index (χ0) is 17.0. The van der Waals surface area contributed by atoms with E-state index in [1.54, 1.807) is 7.05 Å². The molecule has 1 saturated heterocycles. The number of nitrogens with zero attached hydrogens (tertiary/aromatic N) is 1. The van der Waals surface area contributed by atoms with Gasteiger partial charge in [-0.1, -0.05) is 12.1 Å². The van der Waals surface area contributed by atoms with Gasteiger partial charge in [-0.05, 0) is 31.7 Å². The maximum atomic E-state index is 13.0. The molecule has 4 amide bonds. The van der Waals surface area contributed by atoms with E-state index < -0.39 is 29.2 Å². The number of halogens is 1. The smallest absolute Gasteiger partial charge is 0.325 e. The zero-order valence-electron chi connectivity index (χ0n) is 13.0. The van der Waals surface area contributed by atoms with Crippen LogP contribution in [0.3, 0.4) is 0 Å². The molecule has 0 bridgehead atoms. The van der Waals surface area contributed by atoms with Crippen molar-refractivity contribution >= 4 is 17.8 Å². The monoisotopic (exact) mass is 322 g/mol. The van der Waals surface area contributed by atoms with Crippen LogP contribution in [0.5, 0.6) is 0 Å². The van der Waals surface area contributed by atoms with E-state index >= 15 is 0 Å². The molecule has 1 unspecified atom stereocenters. The molecule has 1 heterocycles. The molecule has 124 valence electrons. The first-order valence-electron chi connectivity index (χ1n) is 7.20. The fourth-order valence-electron chi connectivity index (χ4n) is 2.35. The second kappa shape index (κ2) is 6.74. The van der Waals surface area contributed by atoms with Crippen LogP contribution in [0.4, 0.5) is 9.18 Å². The van der Waals surface area contributed by atoms with Crippen LogP contribution in [-0.2, 0) is 15.1 Å². The van der Waals surface area contributed by atoms with Gasteiger partial charge in [-0.25, -0.2) is 9.18 Å². The number of benzene rings is 1. The highest BCUT2D eigenvalue weighted by atomic mass is 19.1. The number of hydrogen-bond donors (Lipinski definition) is 3. The highest BCUT2D eigenvalue weighted by Gasteiger charge is 2.49. The van der Waals surface area contributed by atoms with Gasteiger partial charge in [-0.3, -0.25) is 14.5 Å². The molecule has 2 rings (SSSR count). The van der Waals surface area contributed by atoms with Gasteiger partial charge in [0.2, 0.25) is 5.91 Å². The maximum absolute atomic E-state index is 13.0. The summed E-state index contributed by atoms with van der Waals surface area (Å²) in [6, 6.07) is 4.65. The van der Waals surface area contributed by atoms with E-state index in [1.807, 2.05) is 0 Å². The molecule has 7 nitrogen and oxygen atoms in total. The van der Waals surface area contributed by atoms with Gasteiger partial charge in [-0.2, -0.15) is 0 Å². The molecule has 1 aromatic carbocycles. The summed E-state index contributed by atoms with van der Waals surface area (Å²) in [4.78, 5) is 37.2. The van der Waals surface area contributed by atoms with Crippen molar-refractivity contribution in [2.45, 2.75) is 12.5 Å². The minimum atomic E-state index is -1.31. The molecule has 0 aromatic heterocycles. The minimum Gasteiger partial charge on any atom is -0.353 e. The van der Waals surface area contributed by atoms with E-state index in [9.17, 15) is 18.8 Å². The maximum Gasteiger partial charge on any atom is 0.325 e. The quantitative estimate of drug-likeness (QED) is 0.505. The number of urea groups is 1. The van der Waals surface area contributed by atoms with Crippen molar-refractivity contribution in [1.29, 1.82) is 0 Å². The molecule has 0 spiro atoms. The van der Waals surface area contributed by atoms with Crippen LogP contribution in [0.2, 0.25) is 0 Å². The van der Waals surface area contributed by atoms with Crippen molar-refractivity contribution < 1.29 is 18.8 Å². The number of carbonyl (C=O) groups is 3. The van der Waals surface area contributed by atoms with Crippen LogP contribution in [0.15, 0.2) is 24.3 Å². The van der Waals surface area contributed by atoms with Crippen LogP contribution in [0, 0.1) is 5.82 Å². The Balaban J connectivity index is 2.10. The topological polar surface area (TPSA) is 90.5 Å². The summed E-state index contributed by atoms with van der Waals surface area (Å²) in [6.07, 6.45) is 0. The Kier molecular flexibility index (Phi) is 4.95. The molecule has 0 saturated carbocycles. The normalized spacial score (nSPS) is 20.6. The van der Waals surface area contributed by atoms with E-state index in [0.29, 0.717) is 18.7 Å². The lowest BCUT2D eigenvalue weighted by Gasteiger charge is -2.22. The molecule has 1 atom stereocenters. The lowest BCUT2D eigenvalue weighted by atomic mass is 9.92. The van der Waals surface area contributed by atoms with Gasteiger partial charge in [0.05, 0.1) is 0 Å². The van der Waals surface area contributed by atoms with Crippen LogP contribution in [0.1, 0.15) is 12.5 Å². The molecule has 1 aliphatic rings. The van der Waals surface area contributed by atoms with Crippen molar-refractivity contribution in [3.8, 4) is 0 Å². The van der Waals surface area contributed by atoms with Crippen LogP contribution in [-0.4, -0.2) is 49.4 Å². The summed E-state index contributed by atoms with van der Waals surface area (Å²) >= 11 is 0. The zero-order valence-corrected chi connectivity index (χ0v) is 13.0. The predicted octanol–water partition coefficient (Wildman–Crippen LogP) is -0.0717. The highest BCUT2D eigenvalue weighted by molar-refractivity contribution is 6.09. The first kappa shape index (κ1) is 16.9. The van der Waals surface area contributed by atoms with Crippen molar-refractivity contribution in [3.63, 3.8) is 0 Å². The number of likely N-dealkylation sites (N-methyl/N-ethyl adjacent to an activating group) is 1. The van der Waals surface area contributed by atoms with Gasteiger partial charge in [0.1, 0.15) is 17.9 Å². The van der Waals surface area contributed by atoms with E-state index in [1.165, 1.54) is 31.2 Å². The third-order valence-corrected chi connectivity index (χ3v) is 3.70. The molecule has 1 aromatic rings. The number of rotatable bonds is 6. The number of imide groups is 1. The Morgan fingerprint density at radius 3 is 2.52 bits per heavy atom. The molecule has 23 heavy (non-hydrogen) atoms. The average molecular weight is 322 g/mol. The Bertz CT molecular complexity index is 620. The van der Waals surface area contributed by atoms with E-state index in [-0.39, 0.29) is 6.54 Å². The summed E-state index contributed by atoms with van der Waals surface area (Å²) in [7, 11) is 1.75. The van der Waals surface area contributed by atoms with Crippen molar-refractivity contribution in [1.82, 2.24) is 20.9 Å². The summed E-state index contributed by atoms with van der Waals surface area (Å²) in [6.45, 7) is 2.15. The molecule has 8 heteroatoms. The Morgan fingerprint density at radius 2 is 1.91 bits per heavy atom. The molecule has 3 N–H and O–H groups in total. The van der Waals surface area contributed by atoms with Crippen molar-refractivity contribution in [3.05, 3.63) is 35.6 Å². The van der Waals surface area contributed by atoms with Crippen LogP contribution < -0.4 is 16.0 Å². The van der Waals surface area contributed by atoms with Gasteiger partial charge < -0.3 is 16.0 Å². The van der Waals surface area contributed by atoms with Gasteiger partial charge in [0.25, 0.3) is 5.91 Å². The molecular weight excluding hydrogens is 303 g/mol. The number of hydrogen-bond acceptors (Lipinski definition) is 4. The standard InChI is InChI=1S/C15H19FN4O3/c1-15(10-3-5-11(16)6-4-10)13(22)20(14(23)19-15)9-12(21)18-8-7-17-2/h3-6,17H,7-9H2,1-2H3,(H,18,21)(H,19,23). The molecule has 1 fully saturated rings. The molecule has 1 aliphatic heterocycles. The van der Waals surface area contributed by atoms with E-state index in [2.05, 4.69) is 16.0 Å². The Hall–Kier alpha value is -2.48. The first-order valence-corrected chi connectivity index (χ1v) is 7.20. The summed E-state index contributed by atoms with van der Waals surface area (Å²) in [5, 5.41) is 8.03. The Morgan fingerprint density at radius 1 is 1.26 bits per heavy atom. The molecule has 0 radical (unpaired) electrons. The highest BCUT2D eigenvalue weighted by Crippen LogP contribution is 2.28. The minimum absolute atomic E-state index is 0.356. The van der Waals surface area contributed by atoms with Gasteiger partial charge in [-0.15, -0.1) is 0 Å². The number of amides is 4. The number of nitrogens with one attached hydrogen (secondary N) is 3. The predicted molar refractivity (Wildman–Crippen MR) is 80.9 cm³/mol. The molecular formula is C15H19FN4O3. The summed E-state index contributed by atoms with van der Waals surface area (Å²) in [5.74, 6) is -1.40. The average Bonchev–Trinajstić information content (AvgIpc) is 2.72. The third-order valence-electron chi connectivity index (χ3n) is 3.70. The van der Waals surface area contributed by atoms with Crippen LogP contribution >= 0.6 is 0 Å². The van der Waals surface area contributed by atoms with Gasteiger partial charge in [0.15, 0.2) is 0 Å². The second-order valence-electron chi connectivity index (χ2n) is 5.41. The van der Waals surface area contributed by atoms with Crippen molar-refractivity contribution in [2.24, 2.45) is 0 Å². The number of carbonyl (C=O) groups excluding carboxylic acids is 3. The Labute approximate surface area is 133 Å². The van der Waals surface area contributed by atoms with Gasteiger partial charge in [0, 0.05) is 13.1 Å². The second-order valence-corrected chi connectivity index (χ2v) is 5.41. The lowest BCUT2D eigenvalue weighted by molar-refractivity contribution is -0.134. The van der Waals surface area contributed by atoms with Crippen LogP contribution in [0.25, 0.3) is 0 Å². The first-order chi connectivity index (χ1) is 10.9. The fourth-order valence-corrected chi connectivity index (χ4v) is 2.35. The molecule has 0 aliphatic carbocycles. The van der Waals surface area contributed by atoms with Gasteiger partial charge >= 0.3 is 6.03 Å². The van der Waals surface area contributed by atoms with E-state index in [0.717, 1.165) is 4.90 Å². The fraction of sp³-hybridized carbons (Fsp3) is 0.400. The van der Waals surface area contributed by atoms with E-state index in [4.69, 9.17) is 0 Å². The van der Waals surface area contributed by atoms with Crippen molar-refractivity contribution in [2.75, 3.05) is 26.7 Å². The lowest BCUT2D eigenvalue weighted by Crippen LogP contribution is -2.44. The summed E-state index contributed by atoms with van der Waals surface area (Å²) in [5.41, 5.74) is -0.855. The SMILES string of the molecule is CNCCNC(=O)CN1C(=O)NC(C)(c2ccc(F)cc2)C1=O. The third kappa shape index (κ3) is 3.48. The largest absolute Gasteiger partial charge is 0.353 e.